The van der Waals surface area contributed by atoms with Gasteiger partial charge in [-0.15, -0.1) is 10.2 Å². The lowest BCUT2D eigenvalue weighted by Gasteiger charge is -2.11. The summed E-state index contributed by atoms with van der Waals surface area (Å²) in [7, 11) is -4.36. The van der Waals surface area contributed by atoms with Crippen molar-refractivity contribution in [2.24, 2.45) is 0 Å². The second-order valence-corrected chi connectivity index (χ2v) is 8.83. The van der Waals surface area contributed by atoms with Gasteiger partial charge in [-0.05, 0) is 30.3 Å². The highest BCUT2D eigenvalue weighted by atomic mass is 35.5. The van der Waals surface area contributed by atoms with Crippen LogP contribution in [0.2, 0.25) is 5.02 Å². The smallest absolute Gasteiger partial charge is 0.260 e. The Kier molecular flexibility index (Phi) is 6.41. The van der Waals surface area contributed by atoms with E-state index < -0.39 is 48.9 Å². The van der Waals surface area contributed by atoms with Crippen molar-refractivity contribution < 1.29 is 26.4 Å². The van der Waals surface area contributed by atoms with E-state index in [0.29, 0.717) is 16.6 Å². The van der Waals surface area contributed by atoms with Gasteiger partial charge in [-0.3, -0.25) is 10.1 Å². The number of nitrogens with zero attached hydrogens (tertiary/aromatic N) is 2. The molecule has 1 amide bonds. The molecule has 1 aromatic heterocycles. The van der Waals surface area contributed by atoms with E-state index in [0.717, 1.165) is 11.3 Å². The quantitative estimate of drug-likeness (QED) is 0.527. The molecule has 0 atom stereocenters. The number of carbonyl (C=O) groups excluding carboxylic acids is 1. The molecule has 0 aliphatic rings. The lowest BCUT2D eigenvalue weighted by molar-refractivity contribution is 0.102. The number of anilines is 1. The van der Waals surface area contributed by atoms with E-state index in [-0.39, 0.29) is 11.7 Å². The summed E-state index contributed by atoms with van der Waals surface area (Å²) in [5, 5.41) is 8.99. The third-order valence-electron chi connectivity index (χ3n) is 3.72. The molecule has 0 saturated heterocycles. The van der Waals surface area contributed by atoms with Crippen LogP contribution in [0.5, 0.6) is 0 Å². The number of nitrogens with one attached hydrogen (secondary N) is 2. The lowest BCUT2D eigenvalue weighted by atomic mass is 10.2. The van der Waals surface area contributed by atoms with Crippen molar-refractivity contribution in [2.45, 2.75) is 11.8 Å². The van der Waals surface area contributed by atoms with Gasteiger partial charge in [0.25, 0.3) is 5.91 Å². The summed E-state index contributed by atoms with van der Waals surface area (Å²) in [6.45, 7) is 1.40. The van der Waals surface area contributed by atoms with Gasteiger partial charge in [-0.25, -0.2) is 26.3 Å². The molecule has 0 aliphatic heterocycles. The first-order chi connectivity index (χ1) is 14.1. The number of aromatic nitrogens is 2. The van der Waals surface area contributed by atoms with Crippen LogP contribution in [0, 0.1) is 17.5 Å². The number of halogens is 4. The number of rotatable bonds is 6. The van der Waals surface area contributed by atoms with Gasteiger partial charge in [-0.2, -0.15) is 0 Å². The average molecular weight is 477 g/mol. The third-order valence-corrected chi connectivity index (χ3v) is 6.48. The molecular weight excluding hydrogens is 465 g/mol. The first-order valence-electron chi connectivity index (χ1n) is 8.22. The summed E-state index contributed by atoms with van der Waals surface area (Å²) in [5.41, 5.74) is -0.263. The Labute approximate surface area is 178 Å². The van der Waals surface area contributed by atoms with E-state index in [2.05, 4.69) is 15.5 Å². The molecule has 30 heavy (non-hydrogen) atoms. The first kappa shape index (κ1) is 22.2. The first-order valence-corrected chi connectivity index (χ1v) is 10.9. The fraction of sp³-hybridized carbons (Fsp3) is 0.118. The van der Waals surface area contributed by atoms with Crippen LogP contribution in [-0.2, 0) is 10.0 Å². The molecule has 0 unspecified atom stereocenters. The Morgan fingerprint density at radius 3 is 2.43 bits per heavy atom. The molecule has 0 fully saturated rings. The SMILES string of the molecule is CCNS(=O)(=O)c1cc(C(=O)Nc2nnc(-c3ccc(F)cc3)s2)c(F)c(Cl)c1F. The Bertz CT molecular complexity index is 1220. The van der Waals surface area contributed by atoms with Gasteiger partial charge < -0.3 is 0 Å². The van der Waals surface area contributed by atoms with Crippen molar-refractivity contribution in [3.8, 4) is 10.6 Å². The molecule has 2 N–H and O–H groups in total. The molecule has 13 heteroatoms. The van der Waals surface area contributed by atoms with Crippen LogP contribution in [0.3, 0.4) is 0 Å². The summed E-state index contributed by atoms with van der Waals surface area (Å²) in [5.74, 6) is -4.49. The minimum atomic E-state index is -4.36. The molecule has 7 nitrogen and oxygen atoms in total. The Morgan fingerprint density at radius 2 is 1.80 bits per heavy atom. The number of amides is 1. The van der Waals surface area contributed by atoms with Crippen LogP contribution < -0.4 is 10.0 Å². The van der Waals surface area contributed by atoms with Gasteiger partial charge in [-0.1, -0.05) is 29.9 Å². The second kappa shape index (κ2) is 8.68. The zero-order chi connectivity index (χ0) is 22.1. The molecule has 0 saturated carbocycles. The number of hydrogen-bond donors (Lipinski definition) is 2. The maximum Gasteiger partial charge on any atom is 0.260 e. The summed E-state index contributed by atoms with van der Waals surface area (Å²) in [6.07, 6.45) is 0. The van der Waals surface area contributed by atoms with Gasteiger partial charge in [0.05, 0.1) is 5.56 Å². The highest BCUT2D eigenvalue weighted by molar-refractivity contribution is 7.89. The topological polar surface area (TPSA) is 101 Å². The minimum absolute atomic E-state index is 0.0461. The molecule has 0 aliphatic carbocycles. The van der Waals surface area contributed by atoms with Crippen LogP contribution in [0.25, 0.3) is 10.6 Å². The van der Waals surface area contributed by atoms with Gasteiger partial charge in [0.15, 0.2) is 11.6 Å². The highest BCUT2D eigenvalue weighted by Crippen LogP contribution is 2.30. The largest absolute Gasteiger partial charge is 0.296 e. The fourth-order valence-electron chi connectivity index (χ4n) is 2.36. The minimum Gasteiger partial charge on any atom is -0.296 e. The fourth-order valence-corrected chi connectivity index (χ4v) is 4.51. The van der Waals surface area contributed by atoms with E-state index in [4.69, 9.17) is 11.6 Å². The molecule has 2 aromatic carbocycles. The molecule has 3 rings (SSSR count). The van der Waals surface area contributed by atoms with Crippen molar-refractivity contribution in [1.82, 2.24) is 14.9 Å². The molecule has 158 valence electrons. The normalized spacial score (nSPS) is 11.5. The van der Waals surface area contributed by atoms with Crippen LogP contribution >= 0.6 is 22.9 Å². The van der Waals surface area contributed by atoms with Crippen LogP contribution in [0.15, 0.2) is 35.2 Å². The third kappa shape index (κ3) is 4.46. The molecule has 0 spiro atoms. The monoisotopic (exact) mass is 476 g/mol. The molecule has 0 bridgehead atoms. The predicted molar refractivity (Wildman–Crippen MR) is 105 cm³/mol. The number of carbonyl (C=O) groups is 1. The summed E-state index contributed by atoms with van der Waals surface area (Å²) in [6, 6.07) is 5.90. The van der Waals surface area contributed by atoms with Crippen LogP contribution in [0.1, 0.15) is 17.3 Å². The maximum atomic E-state index is 14.4. The van der Waals surface area contributed by atoms with E-state index in [1.807, 2.05) is 4.72 Å². The second-order valence-electron chi connectivity index (χ2n) is 5.74. The summed E-state index contributed by atoms with van der Waals surface area (Å²) >= 11 is 6.47. The van der Waals surface area contributed by atoms with Crippen molar-refractivity contribution in [3.05, 3.63) is 58.4 Å². The number of hydrogen-bond acceptors (Lipinski definition) is 6. The van der Waals surface area contributed by atoms with Crippen LogP contribution in [0.4, 0.5) is 18.3 Å². The Hall–Kier alpha value is -2.54. The average Bonchev–Trinajstić information content (AvgIpc) is 3.15. The van der Waals surface area contributed by atoms with Crippen molar-refractivity contribution in [2.75, 3.05) is 11.9 Å². The number of sulfonamides is 1. The van der Waals surface area contributed by atoms with Gasteiger partial charge in [0.2, 0.25) is 15.2 Å². The number of benzene rings is 2. The maximum absolute atomic E-state index is 14.4. The van der Waals surface area contributed by atoms with E-state index in [1.165, 1.54) is 31.2 Å². The summed E-state index contributed by atoms with van der Waals surface area (Å²) < 4.78 is 67.9. The molecule has 1 heterocycles. The predicted octanol–water partition coefficient (Wildman–Crippen LogP) is 3.83. The Balaban J connectivity index is 1.92. The van der Waals surface area contributed by atoms with Crippen LogP contribution in [-0.4, -0.2) is 31.1 Å². The van der Waals surface area contributed by atoms with Gasteiger partial charge in [0.1, 0.15) is 20.7 Å². The summed E-state index contributed by atoms with van der Waals surface area (Å²) in [4.78, 5) is 11.5. The molecular formula is C17H12ClF3N4O3S2. The zero-order valence-electron chi connectivity index (χ0n) is 15.0. The van der Waals surface area contributed by atoms with E-state index in [9.17, 15) is 26.4 Å². The zero-order valence-corrected chi connectivity index (χ0v) is 17.4. The molecule has 3 aromatic rings. The standard InChI is InChI=1S/C17H12ClF3N4O3S2/c1-2-22-30(27,28)11-7-10(13(20)12(18)14(11)21)15(26)23-17-25-24-16(29-17)8-3-5-9(19)6-4-8/h3-7,22H,2H2,1H3,(H,23,25,26). The van der Waals surface area contributed by atoms with E-state index in [1.54, 1.807) is 0 Å². The van der Waals surface area contributed by atoms with Gasteiger partial charge in [0, 0.05) is 12.1 Å². The molecule has 0 radical (unpaired) electrons. The lowest BCUT2D eigenvalue weighted by Crippen LogP contribution is -2.25. The van der Waals surface area contributed by atoms with E-state index >= 15 is 0 Å². The van der Waals surface area contributed by atoms with Crippen molar-refractivity contribution >= 4 is 44.0 Å². The van der Waals surface area contributed by atoms with Gasteiger partial charge >= 0.3 is 0 Å². The highest BCUT2D eigenvalue weighted by Gasteiger charge is 2.28. The van der Waals surface area contributed by atoms with Crippen molar-refractivity contribution in [1.29, 1.82) is 0 Å². The Morgan fingerprint density at radius 1 is 1.13 bits per heavy atom. The van der Waals surface area contributed by atoms with Crippen molar-refractivity contribution in [3.63, 3.8) is 0 Å².